The molecule has 0 aromatic carbocycles. The highest BCUT2D eigenvalue weighted by Crippen LogP contribution is 2.16. The van der Waals surface area contributed by atoms with Gasteiger partial charge in [0, 0.05) is 25.0 Å². The van der Waals surface area contributed by atoms with Crippen molar-refractivity contribution in [1.82, 2.24) is 14.4 Å². The van der Waals surface area contributed by atoms with E-state index in [9.17, 15) is 0 Å². The van der Waals surface area contributed by atoms with Crippen molar-refractivity contribution in [2.45, 2.75) is 19.9 Å². The Bertz CT molecular complexity index is 496. The summed E-state index contributed by atoms with van der Waals surface area (Å²) in [5.74, 6) is 1.46. The standard InChI is InChI=1S/C11H17N5O/c1-3-12-9-6-16-5-4-13-11(16)10(15-9)14-8(2)7-17/h4-6,8,12,17H,3,7H2,1-2H3,(H,14,15). The summed E-state index contributed by atoms with van der Waals surface area (Å²) in [4.78, 5) is 8.67. The molecule has 0 spiro atoms. The van der Waals surface area contributed by atoms with Crippen molar-refractivity contribution in [3.63, 3.8) is 0 Å². The maximum absolute atomic E-state index is 9.06. The van der Waals surface area contributed by atoms with Gasteiger partial charge < -0.3 is 20.1 Å². The van der Waals surface area contributed by atoms with E-state index in [-0.39, 0.29) is 12.6 Å². The molecule has 2 aromatic heterocycles. The first-order chi connectivity index (χ1) is 8.24. The molecule has 0 saturated carbocycles. The Kier molecular flexibility index (Phi) is 3.43. The predicted molar refractivity (Wildman–Crippen MR) is 67.3 cm³/mol. The molecule has 0 aliphatic carbocycles. The van der Waals surface area contributed by atoms with Crippen LogP contribution in [0.2, 0.25) is 0 Å². The van der Waals surface area contributed by atoms with E-state index in [1.165, 1.54) is 0 Å². The van der Waals surface area contributed by atoms with Crippen molar-refractivity contribution in [2.75, 3.05) is 23.8 Å². The van der Waals surface area contributed by atoms with E-state index in [1.807, 2.05) is 30.6 Å². The van der Waals surface area contributed by atoms with Crippen LogP contribution in [0.4, 0.5) is 11.6 Å². The van der Waals surface area contributed by atoms with Crippen molar-refractivity contribution in [2.24, 2.45) is 0 Å². The van der Waals surface area contributed by atoms with Crippen LogP contribution in [0.25, 0.3) is 5.65 Å². The highest BCUT2D eigenvalue weighted by Gasteiger charge is 2.09. The molecule has 0 saturated heterocycles. The molecule has 0 aliphatic rings. The number of anilines is 2. The molecule has 3 N–H and O–H groups in total. The maximum Gasteiger partial charge on any atom is 0.180 e. The molecule has 2 rings (SSSR count). The van der Waals surface area contributed by atoms with E-state index in [0.717, 1.165) is 18.0 Å². The largest absolute Gasteiger partial charge is 0.394 e. The molecule has 17 heavy (non-hydrogen) atoms. The number of hydrogen-bond acceptors (Lipinski definition) is 5. The summed E-state index contributed by atoms with van der Waals surface area (Å²) in [7, 11) is 0. The van der Waals surface area contributed by atoms with Crippen LogP contribution in [0, 0.1) is 0 Å². The quantitative estimate of drug-likeness (QED) is 0.719. The molecule has 6 nitrogen and oxygen atoms in total. The van der Waals surface area contributed by atoms with Crippen LogP contribution in [0.15, 0.2) is 18.6 Å². The van der Waals surface area contributed by atoms with Gasteiger partial charge in [0.1, 0.15) is 5.82 Å². The third kappa shape index (κ3) is 2.47. The second-order valence-electron chi connectivity index (χ2n) is 3.89. The number of imidazole rings is 1. The first kappa shape index (κ1) is 11.7. The molecule has 0 aliphatic heterocycles. The van der Waals surface area contributed by atoms with Gasteiger partial charge in [0.2, 0.25) is 0 Å². The van der Waals surface area contributed by atoms with Crippen LogP contribution in [-0.4, -0.2) is 38.7 Å². The number of fused-ring (bicyclic) bond motifs is 1. The first-order valence-corrected chi connectivity index (χ1v) is 5.69. The average molecular weight is 235 g/mol. The minimum absolute atomic E-state index is 0.0555. The zero-order valence-electron chi connectivity index (χ0n) is 10.0. The number of aliphatic hydroxyl groups excluding tert-OH is 1. The number of nitrogens with zero attached hydrogens (tertiary/aromatic N) is 3. The van der Waals surface area contributed by atoms with Gasteiger partial charge in [-0.3, -0.25) is 0 Å². The molecule has 0 fully saturated rings. The third-order valence-electron chi connectivity index (χ3n) is 2.39. The fraction of sp³-hybridized carbons (Fsp3) is 0.455. The van der Waals surface area contributed by atoms with Crippen molar-refractivity contribution in [3.05, 3.63) is 18.6 Å². The van der Waals surface area contributed by atoms with Gasteiger partial charge in [-0.15, -0.1) is 0 Å². The van der Waals surface area contributed by atoms with E-state index < -0.39 is 0 Å². The molecule has 0 bridgehead atoms. The molecule has 92 valence electrons. The molecule has 0 radical (unpaired) electrons. The summed E-state index contributed by atoms with van der Waals surface area (Å²) < 4.78 is 1.90. The highest BCUT2D eigenvalue weighted by atomic mass is 16.3. The fourth-order valence-corrected chi connectivity index (χ4v) is 1.57. The van der Waals surface area contributed by atoms with Gasteiger partial charge in [-0.25, -0.2) is 9.97 Å². The second kappa shape index (κ2) is 5.01. The molecule has 2 aromatic rings. The number of hydrogen-bond donors (Lipinski definition) is 3. The minimum Gasteiger partial charge on any atom is -0.394 e. The smallest absolute Gasteiger partial charge is 0.180 e. The Labute approximate surface area is 99.7 Å². The first-order valence-electron chi connectivity index (χ1n) is 5.69. The van der Waals surface area contributed by atoms with Crippen LogP contribution in [0.1, 0.15) is 13.8 Å². The van der Waals surface area contributed by atoms with Gasteiger partial charge in [0.05, 0.1) is 12.8 Å². The SMILES string of the molecule is CCNc1cn2ccnc2c(NC(C)CO)n1. The molecular weight excluding hydrogens is 218 g/mol. The van der Waals surface area contributed by atoms with E-state index in [0.29, 0.717) is 5.82 Å². The van der Waals surface area contributed by atoms with Crippen molar-refractivity contribution in [1.29, 1.82) is 0 Å². The second-order valence-corrected chi connectivity index (χ2v) is 3.89. The maximum atomic E-state index is 9.06. The number of rotatable bonds is 5. The normalized spacial score (nSPS) is 12.6. The summed E-state index contributed by atoms with van der Waals surface area (Å²) in [6.07, 6.45) is 5.48. The Balaban J connectivity index is 2.39. The summed E-state index contributed by atoms with van der Waals surface area (Å²) >= 11 is 0. The van der Waals surface area contributed by atoms with Crippen LogP contribution in [0.5, 0.6) is 0 Å². The van der Waals surface area contributed by atoms with Gasteiger partial charge >= 0.3 is 0 Å². The lowest BCUT2D eigenvalue weighted by Crippen LogP contribution is -2.21. The summed E-state index contributed by atoms with van der Waals surface area (Å²) in [6, 6.07) is -0.0557. The topological polar surface area (TPSA) is 74.5 Å². The summed E-state index contributed by atoms with van der Waals surface area (Å²) in [5, 5.41) is 15.4. The van der Waals surface area contributed by atoms with Crippen molar-refractivity contribution in [3.8, 4) is 0 Å². The van der Waals surface area contributed by atoms with Crippen molar-refractivity contribution < 1.29 is 5.11 Å². The monoisotopic (exact) mass is 235 g/mol. The van der Waals surface area contributed by atoms with E-state index in [2.05, 4.69) is 20.6 Å². The molecule has 2 heterocycles. The lowest BCUT2D eigenvalue weighted by atomic mass is 10.3. The van der Waals surface area contributed by atoms with Crippen LogP contribution in [0.3, 0.4) is 0 Å². The highest BCUT2D eigenvalue weighted by molar-refractivity contribution is 5.65. The zero-order chi connectivity index (χ0) is 12.3. The Morgan fingerprint density at radius 3 is 3.06 bits per heavy atom. The minimum atomic E-state index is -0.0557. The lowest BCUT2D eigenvalue weighted by molar-refractivity contribution is 0.281. The van der Waals surface area contributed by atoms with E-state index >= 15 is 0 Å². The van der Waals surface area contributed by atoms with Crippen molar-refractivity contribution >= 4 is 17.3 Å². The van der Waals surface area contributed by atoms with Gasteiger partial charge in [0.15, 0.2) is 11.5 Å². The molecule has 0 amide bonds. The van der Waals surface area contributed by atoms with Gasteiger partial charge in [-0.05, 0) is 13.8 Å². The number of aromatic nitrogens is 3. The van der Waals surface area contributed by atoms with Gasteiger partial charge in [-0.2, -0.15) is 0 Å². The van der Waals surface area contributed by atoms with Crippen LogP contribution < -0.4 is 10.6 Å². The predicted octanol–water partition coefficient (Wildman–Crippen LogP) is 0.954. The lowest BCUT2D eigenvalue weighted by Gasteiger charge is -2.13. The third-order valence-corrected chi connectivity index (χ3v) is 2.39. The Morgan fingerprint density at radius 2 is 2.35 bits per heavy atom. The van der Waals surface area contributed by atoms with E-state index in [1.54, 1.807) is 6.20 Å². The molecular formula is C11H17N5O. The number of nitrogens with one attached hydrogen (secondary N) is 2. The van der Waals surface area contributed by atoms with Crippen LogP contribution >= 0.6 is 0 Å². The average Bonchev–Trinajstić information content (AvgIpc) is 2.77. The Hall–Kier alpha value is -1.82. The molecule has 6 heteroatoms. The summed E-state index contributed by atoms with van der Waals surface area (Å²) in [6.45, 7) is 4.77. The zero-order valence-corrected chi connectivity index (χ0v) is 10.0. The fourth-order valence-electron chi connectivity index (χ4n) is 1.57. The molecule has 1 unspecified atom stereocenters. The van der Waals surface area contributed by atoms with Gasteiger partial charge in [-0.1, -0.05) is 0 Å². The summed E-state index contributed by atoms with van der Waals surface area (Å²) in [5.41, 5.74) is 0.756. The Morgan fingerprint density at radius 1 is 1.53 bits per heavy atom. The van der Waals surface area contributed by atoms with Gasteiger partial charge in [0.25, 0.3) is 0 Å². The number of aliphatic hydroxyl groups is 1. The van der Waals surface area contributed by atoms with E-state index in [4.69, 9.17) is 5.11 Å². The molecule has 1 atom stereocenters. The van der Waals surface area contributed by atoms with Crippen LogP contribution in [-0.2, 0) is 0 Å².